The Kier molecular flexibility index (Phi) is 9.06. The zero-order chi connectivity index (χ0) is 25.5. The van der Waals surface area contributed by atoms with Crippen molar-refractivity contribution < 1.29 is 14.3 Å². The normalized spacial score (nSPS) is 11.4. The summed E-state index contributed by atoms with van der Waals surface area (Å²) >= 11 is 1.22. The zero-order valence-electron chi connectivity index (χ0n) is 20.8. The van der Waals surface area contributed by atoms with E-state index in [1.54, 1.807) is 41.0 Å². The lowest BCUT2D eigenvalue weighted by Gasteiger charge is -2.30. The standard InChI is InChI=1S/C26H32N4O4S/c1-17(2)29(18(3)4)13-14-30-24(32)21-11-6-7-12-22(21)28-26(30)35-16-23(31)27-20-10-8-9-19(15-20)25(33)34-5/h6-12,15,17-18H,13-14,16H2,1-5H3,(H,27,31). The van der Waals surface area contributed by atoms with Gasteiger partial charge in [-0.15, -0.1) is 0 Å². The summed E-state index contributed by atoms with van der Waals surface area (Å²) in [6, 6.07) is 14.5. The van der Waals surface area contributed by atoms with Crippen LogP contribution >= 0.6 is 11.8 Å². The highest BCUT2D eigenvalue weighted by molar-refractivity contribution is 7.99. The van der Waals surface area contributed by atoms with Gasteiger partial charge < -0.3 is 10.1 Å². The van der Waals surface area contributed by atoms with Crippen molar-refractivity contribution in [1.82, 2.24) is 14.5 Å². The van der Waals surface area contributed by atoms with Crippen molar-refractivity contribution in [2.75, 3.05) is 24.7 Å². The summed E-state index contributed by atoms with van der Waals surface area (Å²) in [5.41, 5.74) is 1.33. The van der Waals surface area contributed by atoms with Crippen LogP contribution in [-0.2, 0) is 16.1 Å². The van der Waals surface area contributed by atoms with Gasteiger partial charge >= 0.3 is 5.97 Å². The number of hydrogen-bond acceptors (Lipinski definition) is 7. The Morgan fingerprint density at radius 1 is 1.09 bits per heavy atom. The van der Waals surface area contributed by atoms with Gasteiger partial charge in [-0.3, -0.25) is 19.1 Å². The number of aromatic nitrogens is 2. The van der Waals surface area contributed by atoms with Gasteiger partial charge in [0.1, 0.15) is 0 Å². The summed E-state index contributed by atoms with van der Waals surface area (Å²) in [4.78, 5) is 44.7. The third-order valence-electron chi connectivity index (χ3n) is 5.63. The van der Waals surface area contributed by atoms with Crippen LogP contribution < -0.4 is 10.9 Å². The Morgan fingerprint density at radius 3 is 2.49 bits per heavy atom. The molecule has 8 nitrogen and oxygen atoms in total. The van der Waals surface area contributed by atoms with Gasteiger partial charge in [0.05, 0.1) is 29.3 Å². The van der Waals surface area contributed by atoms with Gasteiger partial charge in [0.15, 0.2) is 5.16 Å². The molecule has 0 atom stereocenters. The van der Waals surface area contributed by atoms with Gasteiger partial charge in [-0.05, 0) is 58.0 Å². The Morgan fingerprint density at radius 2 is 1.80 bits per heavy atom. The first kappa shape index (κ1) is 26.4. The molecule has 0 aliphatic rings. The maximum Gasteiger partial charge on any atom is 0.337 e. The lowest BCUT2D eigenvalue weighted by Crippen LogP contribution is -2.40. The fraction of sp³-hybridized carbons (Fsp3) is 0.385. The number of thioether (sulfide) groups is 1. The maximum absolute atomic E-state index is 13.3. The summed E-state index contributed by atoms with van der Waals surface area (Å²) in [6.45, 7) is 9.70. The maximum atomic E-state index is 13.3. The largest absolute Gasteiger partial charge is 0.465 e. The first-order valence-electron chi connectivity index (χ1n) is 11.6. The summed E-state index contributed by atoms with van der Waals surface area (Å²) in [7, 11) is 1.31. The SMILES string of the molecule is COC(=O)c1cccc(NC(=O)CSc2nc3ccccc3c(=O)n2CCN(C(C)C)C(C)C)c1. The number of nitrogens with one attached hydrogen (secondary N) is 1. The Hall–Kier alpha value is -3.17. The summed E-state index contributed by atoms with van der Waals surface area (Å²) in [5, 5.41) is 3.85. The highest BCUT2D eigenvalue weighted by atomic mass is 32.2. The molecule has 0 aliphatic carbocycles. The van der Waals surface area contributed by atoms with Crippen LogP contribution in [0.25, 0.3) is 10.9 Å². The van der Waals surface area contributed by atoms with Gasteiger partial charge in [-0.1, -0.05) is 30.0 Å². The van der Waals surface area contributed by atoms with Crippen molar-refractivity contribution in [2.24, 2.45) is 0 Å². The van der Waals surface area contributed by atoms with Crippen molar-refractivity contribution in [2.45, 2.75) is 51.5 Å². The Bertz CT molecular complexity index is 1250. The predicted molar refractivity (Wildman–Crippen MR) is 140 cm³/mol. The van der Waals surface area contributed by atoms with Gasteiger partial charge in [0, 0.05) is 30.9 Å². The molecule has 0 spiro atoms. The number of ether oxygens (including phenoxy) is 1. The molecule has 3 rings (SSSR count). The van der Waals surface area contributed by atoms with Gasteiger partial charge in [0.2, 0.25) is 5.91 Å². The van der Waals surface area contributed by atoms with Crippen molar-refractivity contribution in [3.8, 4) is 0 Å². The number of nitrogens with zero attached hydrogens (tertiary/aromatic N) is 3. The van der Waals surface area contributed by atoms with E-state index in [2.05, 4.69) is 37.9 Å². The van der Waals surface area contributed by atoms with Crippen LogP contribution in [0.5, 0.6) is 0 Å². The third kappa shape index (κ3) is 6.70. The Balaban J connectivity index is 1.81. The molecule has 0 fully saturated rings. The average molecular weight is 497 g/mol. The molecule has 2 aromatic carbocycles. The average Bonchev–Trinajstić information content (AvgIpc) is 2.83. The summed E-state index contributed by atoms with van der Waals surface area (Å²) in [5.74, 6) is -0.681. The molecule has 0 unspecified atom stereocenters. The first-order valence-corrected chi connectivity index (χ1v) is 12.6. The van der Waals surface area contributed by atoms with Crippen molar-refractivity contribution >= 4 is 40.2 Å². The van der Waals surface area contributed by atoms with Gasteiger partial charge in [0.25, 0.3) is 5.56 Å². The topological polar surface area (TPSA) is 93.5 Å². The van der Waals surface area contributed by atoms with E-state index in [0.717, 1.165) is 0 Å². The molecular formula is C26H32N4O4S. The molecule has 0 saturated carbocycles. The fourth-order valence-corrected chi connectivity index (χ4v) is 4.78. The number of amides is 1. The van der Waals surface area contributed by atoms with Crippen LogP contribution in [0.3, 0.4) is 0 Å². The zero-order valence-corrected chi connectivity index (χ0v) is 21.6. The minimum atomic E-state index is -0.475. The van der Waals surface area contributed by atoms with Gasteiger partial charge in [-0.2, -0.15) is 0 Å². The number of anilines is 1. The fourth-order valence-electron chi connectivity index (χ4n) is 3.95. The van der Waals surface area contributed by atoms with Crippen molar-refractivity contribution in [3.63, 3.8) is 0 Å². The molecule has 0 radical (unpaired) electrons. The molecule has 0 aliphatic heterocycles. The number of carbonyl (C=O) groups excluding carboxylic acids is 2. The molecule has 0 saturated heterocycles. The monoisotopic (exact) mass is 496 g/mol. The molecule has 1 amide bonds. The van der Waals surface area contributed by atoms with E-state index in [0.29, 0.717) is 52.5 Å². The van der Waals surface area contributed by atoms with E-state index in [4.69, 9.17) is 9.72 Å². The van der Waals surface area contributed by atoms with Crippen molar-refractivity contribution in [1.29, 1.82) is 0 Å². The second kappa shape index (κ2) is 12.0. The molecular weight excluding hydrogens is 464 g/mol. The molecule has 186 valence electrons. The highest BCUT2D eigenvalue weighted by Crippen LogP contribution is 2.19. The highest BCUT2D eigenvalue weighted by Gasteiger charge is 2.17. The number of methoxy groups -OCH3 is 1. The van der Waals surface area contributed by atoms with Gasteiger partial charge in [-0.25, -0.2) is 9.78 Å². The van der Waals surface area contributed by atoms with E-state index < -0.39 is 5.97 Å². The van der Waals surface area contributed by atoms with Crippen LogP contribution in [0, 0.1) is 0 Å². The number of fused-ring (bicyclic) bond motifs is 1. The van der Waals surface area contributed by atoms with E-state index in [1.165, 1.54) is 18.9 Å². The van der Waals surface area contributed by atoms with E-state index in [-0.39, 0.29) is 17.2 Å². The van der Waals surface area contributed by atoms with E-state index in [9.17, 15) is 14.4 Å². The van der Waals surface area contributed by atoms with Crippen LogP contribution in [0.2, 0.25) is 0 Å². The third-order valence-corrected chi connectivity index (χ3v) is 6.61. The number of hydrogen-bond donors (Lipinski definition) is 1. The van der Waals surface area contributed by atoms with Crippen LogP contribution in [0.1, 0.15) is 38.1 Å². The van der Waals surface area contributed by atoms with E-state index >= 15 is 0 Å². The number of benzene rings is 2. The van der Waals surface area contributed by atoms with Crippen molar-refractivity contribution in [3.05, 3.63) is 64.4 Å². The number of para-hydroxylation sites is 1. The van der Waals surface area contributed by atoms with Crippen LogP contribution in [-0.4, -0.2) is 57.8 Å². The lowest BCUT2D eigenvalue weighted by molar-refractivity contribution is -0.113. The molecule has 1 N–H and O–H groups in total. The van der Waals surface area contributed by atoms with E-state index in [1.807, 2.05) is 12.1 Å². The quantitative estimate of drug-likeness (QED) is 0.257. The first-order chi connectivity index (χ1) is 16.7. The predicted octanol–water partition coefficient (Wildman–Crippen LogP) is 4.03. The number of carbonyl (C=O) groups is 2. The molecule has 3 aromatic rings. The lowest BCUT2D eigenvalue weighted by atomic mass is 10.2. The molecule has 1 heterocycles. The second-order valence-electron chi connectivity index (χ2n) is 8.70. The number of rotatable bonds is 10. The van der Waals surface area contributed by atoms with Crippen LogP contribution in [0.15, 0.2) is 58.5 Å². The molecule has 1 aromatic heterocycles. The minimum Gasteiger partial charge on any atom is -0.465 e. The summed E-state index contributed by atoms with van der Waals surface area (Å²) in [6.07, 6.45) is 0. The minimum absolute atomic E-state index is 0.0608. The summed E-state index contributed by atoms with van der Waals surface area (Å²) < 4.78 is 6.39. The number of esters is 1. The molecule has 0 bridgehead atoms. The Labute approximate surface area is 209 Å². The second-order valence-corrected chi connectivity index (χ2v) is 9.65. The smallest absolute Gasteiger partial charge is 0.337 e. The molecule has 9 heteroatoms. The molecule has 35 heavy (non-hydrogen) atoms. The van der Waals surface area contributed by atoms with Crippen LogP contribution in [0.4, 0.5) is 5.69 Å².